The standard InChI is InChI=1S/C8H6BrN3O/c1-13-7-4-11-8-6(12-7)2-5(9)3-10-8/h2-4H,1H3. The SMILES string of the molecule is COc1cnc2ncc(Br)cc2n1. The highest BCUT2D eigenvalue weighted by Gasteiger charge is 2.00. The lowest BCUT2D eigenvalue weighted by molar-refractivity contribution is 0.397. The van der Waals surface area contributed by atoms with Crippen LogP contribution in [0.15, 0.2) is 22.9 Å². The second-order valence-electron chi connectivity index (χ2n) is 2.41. The van der Waals surface area contributed by atoms with E-state index in [2.05, 4.69) is 30.9 Å². The van der Waals surface area contributed by atoms with E-state index in [1.807, 2.05) is 6.07 Å². The van der Waals surface area contributed by atoms with Gasteiger partial charge in [-0.2, -0.15) is 0 Å². The Kier molecular flexibility index (Phi) is 2.10. The molecule has 0 saturated carbocycles. The van der Waals surface area contributed by atoms with Gasteiger partial charge in [0.25, 0.3) is 0 Å². The zero-order valence-corrected chi connectivity index (χ0v) is 8.45. The van der Waals surface area contributed by atoms with Gasteiger partial charge in [-0.15, -0.1) is 0 Å². The largest absolute Gasteiger partial charge is 0.480 e. The molecule has 66 valence electrons. The summed E-state index contributed by atoms with van der Waals surface area (Å²) in [5.41, 5.74) is 1.33. The summed E-state index contributed by atoms with van der Waals surface area (Å²) in [5.74, 6) is 0.493. The molecule has 0 aromatic carbocycles. The number of hydrogen-bond acceptors (Lipinski definition) is 4. The summed E-state index contributed by atoms with van der Waals surface area (Å²) >= 11 is 3.31. The van der Waals surface area contributed by atoms with Gasteiger partial charge in [0.2, 0.25) is 5.88 Å². The van der Waals surface area contributed by atoms with Crippen LogP contribution in [0.1, 0.15) is 0 Å². The van der Waals surface area contributed by atoms with Crippen molar-refractivity contribution >= 4 is 27.1 Å². The summed E-state index contributed by atoms with van der Waals surface area (Å²) in [4.78, 5) is 12.3. The van der Waals surface area contributed by atoms with Gasteiger partial charge in [-0.1, -0.05) is 0 Å². The van der Waals surface area contributed by atoms with Gasteiger partial charge in [0.1, 0.15) is 5.52 Å². The van der Waals surface area contributed by atoms with E-state index >= 15 is 0 Å². The molecule has 0 bridgehead atoms. The second kappa shape index (κ2) is 3.26. The number of hydrogen-bond donors (Lipinski definition) is 0. The van der Waals surface area contributed by atoms with Gasteiger partial charge in [-0.25, -0.2) is 15.0 Å². The lowest BCUT2D eigenvalue weighted by Gasteiger charge is -1.99. The van der Waals surface area contributed by atoms with Crippen LogP contribution in [0.25, 0.3) is 11.2 Å². The molecule has 0 amide bonds. The predicted octanol–water partition coefficient (Wildman–Crippen LogP) is 1.80. The van der Waals surface area contributed by atoms with E-state index in [0.29, 0.717) is 17.0 Å². The van der Waals surface area contributed by atoms with E-state index in [-0.39, 0.29) is 0 Å². The van der Waals surface area contributed by atoms with Crippen LogP contribution < -0.4 is 4.74 Å². The van der Waals surface area contributed by atoms with Gasteiger partial charge >= 0.3 is 0 Å². The first-order valence-corrected chi connectivity index (χ1v) is 4.41. The smallest absolute Gasteiger partial charge is 0.232 e. The average molecular weight is 240 g/mol. The third-order valence-corrected chi connectivity index (χ3v) is 1.98. The third kappa shape index (κ3) is 1.60. The van der Waals surface area contributed by atoms with Crippen molar-refractivity contribution in [2.45, 2.75) is 0 Å². The number of aromatic nitrogens is 3. The van der Waals surface area contributed by atoms with Crippen LogP contribution in [0.5, 0.6) is 5.88 Å². The first-order valence-electron chi connectivity index (χ1n) is 3.62. The Balaban J connectivity index is 2.68. The van der Waals surface area contributed by atoms with E-state index in [1.54, 1.807) is 19.5 Å². The molecule has 2 rings (SSSR count). The number of fused-ring (bicyclic) bond motifs is 1. The third-order valence-electron chi connectivity index (χ3n) is 1.55. The molecule has 13 heavy (non-hydrogen) atoms. The minimum atomic E-state index is 0.493. The zero-order valence-electron chi connectivity index (χ0n) is 6.86. The summed E-state index contributed by atoms with van der Waals surface area (Å²) in [6.45, 7) is 0. The van der Waals surface area contributed by atoms with E-state index in [0.717, 1.165) is 4.47 Å². The summed E-state index contributed by atoms with van der Waals surface area (Å²) < 4.78 is 5.82. The van der Waals surface area contributed by atoms with Crippen molar-refractivity contribution in [2.24, 2.45) is 0 Å². The van der Waals surface area contributed by atoms with Gasteiger partial charge in [0.05, 0.1) is 13.3 Å². The molecule has 0 fully saturated rings. The maximum absolute atomic E-state index is 4.95. The fraction of sp³-hybridized carbons (Fsp3) is 0.125. The molecule has 0 spiro atoms. The van der Waals surface area contributed by atoms with Gasteiger partial charge in [0.15, 0.2) is 5.65 Å². The monoisotopic (exact) mass is 239 g/mol. The van der Waals surface area contributed by atoms with Crippen LogP contribution in [-0.2, 0) is 0 Å². The molecule has 0 saturated heterocycles. The van der Waals surface area contributed by atoms with Crippen LogP contribution in [0.3, 0.4) is 0 Å². The maximum Gasteiger partial charge on any atom is 0.232 e. The van der Waals surface area contributed by atoms with Crippen molar-refractivity contribution in [1.29, 1.82) is 0 Å². The normalized spacial score (nSPS) is 10.3. The number of halogens is 1. The molecule has 0 aliphatic heterocycles. The van der Waals surface area contributed by atoms with E-state index in [1.165, 1.54) is 0 Å². The van der Waals surface area contributed by atoms with Crippen molar-refractivity contribution in [3.8, 4) is 5.88 Å². The topological polar surface area (TPSA) is 47.9 Å². The molecular formula is C8H6BrN3O. The van der Waals surface area contributed by atoms with E-state index < -0.39 is 0 Å². The molecule has 0 radical (unpaired) electrons. The van der Waals surface area contributed by atoms with Gasteiger partial charge < -0.3 is 4.74 Å². The molecule has 0 unspecified atom stereocenters. The molecule has 0 aliphatic carbocycles. The van der Waals surface area contributed by atoms with Crippen molar-refractivity contribution in [3.63, 3.8) is 0 Å². The minimum absolute atomic E-state index is 0.493. The molecule has 2 aromatic heterocycles. The zero-order chi connectivity index (χ0) is 9.26. The Morgan fingerprint density at radius 1 is 1.31 bits per heavy atom. The summed E-state index contributed by atoms with van der Waals surface area (Å²) in [6, 6.07) is 1.85. The quantitative estimate of drug-likeness (QED) is 0.762. The fourth-order valence-electron chi connectivity index (χ4n) is 0.965. The fourth-order valence-corrected chi connectivity index (χ4v) is 1.28. The highest BCUT2D eigenvalue weighted by Crippen LogP contribution is 2.15. The Morgan fingerprint density at radius 3 is 2.85 bits per heavy atom. The lowest BCUT2D eigenvalue weighted by Crippen LogP contribution is -1.91. The van der Waals surface area contributed by atoms with Gasteiger partial charge in [-0.3, -0.25) is 0 Å². The number of nitrogens with zero attached hydrogens (tertiary/aromatic N) is 3. The van der Waals surface area contributed by atoms with Gasteiger partial charge in [-0.05, 0) is 22.0 Å². The maximum atomic E-state index is 4.95. The van der Waals surface area contributed by atoms with Crippen LogP contribution in [0, 0.1) is 0 Å². The Labute approximate surface area is 83.1 Å². The van der Waals surface area contributed by atoms with Gasteiger partial charge in [0, 0.05) is 10.7 Å². The van der Waals surface area contributed by atoms with Crippen molar-refractivity contribution in [3.05, 3.63) is 22.9 Å². The predicted molar refractivity (Wildman–Crippen MR) is 51.6 cm³/mol. The Morgan fingerprint density at radius 2 is 2.08 bits per heavy atom. The summed E-state index contributed by atoms with van der Waals surface area (Å²) in [7, 11) is 1.56. The van der Waals surface area contributed by atoms with Crippen LogP contribution >= 0.6 is 15.9 Å². The summed E-state index contributed by atoms with van der Waals surface area (Å²) in [5, 5.41) is 0. The van der Waals surface area contributed by atoms with Crippen LogP contribution in [0.2, 0.25) is 0 Å². The molecular weight excluding hydrogens is 234 g/mol. The van der Waals surface area contributed by atoms with Crippen molar-refractivity contribution in [1.82, 2.24) is 15.0 Å². The molecule has 5 heteroatoms. The molecule has 0 atom stereocenters. The van der Waals surface area contributed by atoms with E-state index in [4.69, 9.17) is 4.74 Å². The number of pyridine rings is 1. The molecule has 0 aliphatic rings. The minimum Gasteiger partial charge on any atom is -0.480 e. The lowest BCUT2D eigenvalue weighted by atomic mass is 10.4. The second-order valence-corrected chi connectivity index (χ2v) is 3.32. The Bertz CT molecular complexity index is 446. The molecule has 4 nitrogen and oxygen atoms in total. The average Bonchev–Trinajstić information content (AvgIpc) is 2.16. The molecule has 2 aromatic rings. The molecule has 0 N–H and O–H groups in total. The van der Waals surface area contributed by atoms with Crippen LogP contribution in [-0.4, -0.2) is 22.1 Å². The Hall–Kier alpha value is -1.23. The molecule has 2 heterocycles. The van der Waals surface area contributed by atoms with Crippen LogP contribution in [0.4, 0.5) is 0 Å². The van der Waals surface area contributed by atoms with Crippen molar-refractivity contribution < 1.29 is 4.74 Å². The highest BCUT2D eigenvalue weighted by atomic mass is 79.9. The number of methoxy groups -OCH3 is 1. The first-order chi connectivity index (χ1) is 6.29. The number of rotatable bonds is 1. The van der Waals surface area contributed by atoms with E-state index in [9.17, 15) is 0 Å². The number of ether oxygens (including phenoxy) is 1. The highest BCUT2D eigenvalue weighted by molar-refractivity contribution is 9.10. The first kappa shape index (κ1) is 8.37. The summed E-state index contributed by atoms with van der Waals surface area (Å²) in [6.07, 6.45) is 3.23. The van der Waals surface area contributed by atoms with Crippen molar-refractivity contribution in [2.75, 3.05) is 7.11 Å².